The first kappa shape index (κ1) is 17.3. The Hall–Kier alpha value is -3.09. The quantitative estimate of drug-likeness (QED) is 0.649. The van der Waals surface area contributed by atoms with Crippen molar-refractivity contribution in [2.24, 2.45) is 0 Å². The van der Waals surface area contributed by atoms with Crippen LogP contribution in [0, 0.1) is 17.0 Å². The van der Waals surface area contributed by atoms with Gasteiger partial charge in [0.15, 0.2) is 11.5 Å². The predicted octanol–water partition coefficient (Wildman–Crippen LogP) is 2.85. The molecule has 0 radical (unpaired) electrons. The molecule has 0 bridgehead atoms. The molecule has 7 nitrogen and oxygen atoms in total. The van der Waals surface area contributed by atoms with Gasteiger partial charge in [-0.2, -0.15) is 0 Å². The van der Waals surface area contributed by atoms with E-state index in [0.29, 0.717) is 29.2 Å². The molecule has 1 N–H and O–H groups in total. The average Bonchev–Trinajstić information content (AvgIpc) is 2.58. The molecule has 0 saturated heterocycles. The number of ether oxygens (including phenoxy) is 2. The van der Waals surface area contributed by atoms with E-state index in [1.807, 2.05) is 6.07 Å². The number of benzene rings is 2. The zero-order valence-electron chi connectivity index (χ0n) is 13.7. The minimum Gasteiger partial charge on any atom is -0.493 e. The number of hydrogen-bond acceptors (Lipinski definition) is 5. The summed E-state index contributed by atoms with van der Waals surface area (Å²) in [7, 11) is 3.09. The topological polar surface area (TPSA) is 90.7 Å². The highest BCUT2D eigenvalue weighted by Gasteiger charge is 2.14. The first-order chi connectivity index (χ1) is 11.5. The number of amides is 1. The summed E-state index contributed by atoms with van der Waals surface area (Å²) in [6.07, 6.45) is 0. The first-order valence-corrected chi connectivity index (χ1v) is 7.20. The lowest BCUT2D eigenvalue weighted by molar-refractivity contribution is -0.385. The second kappa shape index (κ2) is 7.45. The van der Waals surface area contributed by atoms with Crippen molar-refractivity contribution < 1.29 is 19.2 Å². The Morgan fingerprint density at radius 1 is 1.12 bits per heavy atom. The summed E-state index contributed by atoms with van der Waals surface area (Å²) in [6.45, 7) is 1.90. The fourth-order valence-electron chi connectivity index (χ4n) is 2.28. The number of methoxy groups -OCH3 is 2. The van der Waals surface area contributed by atoms with E-state index in [1.165, 1.54) is 18.2 Å². The van der Waals surface area contributed by atoms with E-state index in [4.69, 9.17) is 9.47 Å². The van der Waals surface area contributed by atoms with E-state index in [0.717, 1.165) is 5.56 Å². The molecule has 1 amide bonds. The highest BCUT2D eigenvalue weighted by atomic mass is 16.6. The van der Waals surface area contributed by atoms with Gasteiger partial charge in [0, 0.05) is 23.7 Å². The van der Waals surface area contributed by atoms with Gasteiger partial charge in [0.05, 0.1) is 19.1 Å². The highest BCUT2D eigenvalue weighted by Crippen LogP contribution is 2.27. The molecule has 0 aliphatic carbocycles. The molecular weight excluding hydrogens is 312 g/mol. The zero-order valence-corrected chi connectivity index (χ0v) is 13.7. The number of nitrogens with one attached hydrogen (secondary N) is 1. The van der Waals surface area contributed by atoms with Crippen LogP contribution in [-0.2, 0) is 6.54 Å². The van der Waals surface area contributed by atoms with Gasteiger partial charge in [0.2, 0.25) is 0 Å². The molecule has 0 heterocycles. The van der Waals surface area contributed by atoms with Crippen LogP contribution in [-0.4, -0.2) is 25.1 Å². The molecule has 2 aromatic rings. The van der Waals surface area contributed by atoms with Crippen molar-refractivity contribution in [3.8, 4) is 11.5 Å². The monoisotopic (exact) mass is 330 g/mol. The Labute approximate surface area is 139 Å². The van der Waals surface area contributed by atoms with Crippen molar-refractivity contribution in [1.29, 1.82) is 0 Å². The van der Waals surface area contributed by atoms with Crippen molar-refractivity contribution in [3.63, 3.8) is 0 Å². The van der Waals surface area contributed by atoms with E-state index in [2.05, 4.69) is 5.32 Å². The molecule has 0 aliphatic heterocycles. The van der Waals surface area contributed by atoms with Crippen LogP contribution < -0.4 is 14.8 Å². The first-order valence-electron chi connectivity index (χ1n) is 7.20. The highest BCUT2D eigenvalue weighted by molar-refractivity contribution is 5.94. The van der Waals surface area contributed by atoms with Gasteiger partial charge in [-0.25, -0.2) is 0 Å². The lowest BCUT2D eigenvalue weighted by atomic mass is 10.1. The van der Waals surface area contributed by atoms with Crippen molar-refractivity contribution in [1.82, 2.24) is 5.32 Å². The van der Waals surface area contributed by atoms with Crippen molar-refractivity contribution in [2.75, 3.05) is 14.2 Å². The lowest BCUT2D eigenvalue weighted by Gasteiger charge is -2.10. The minimum absolute atomic E-state index is 0.00793. The van der Waals surface area contributed by atoms with Crippen molar-refractivity contribution in [2.45, 2.75) is 13.5 Å². The molecule has 0 atom stereocenters. The third-order valence-corrected chi connectivity index (χ3v) is 3.56. The summed E-state index contributed by atoms with van der Waals surface area (Å²) in [6, 6.07) is 9.64. The van der Waals surface area contributed by atoms with Gasteiger partial charge in [0.1, 0.15) is 0 Å². The van der Waals surface area contributed by atoms with Crippen LogP contribution in [0.15, 0.2) is 36.4 Å². The summed E-state index contributed by atoms with van der Waals surface area (Å²) >= 11 is 0. The van der Waals surface area contributed by atoms with Gasteiger partial charge in [-0.15, -0.1) is 0 Å². The molecule has 0 saturated carbocycles. The van der Waals surface area contributed by atoms with E-state index in [9.17, 15) is 14.9 Å². The van der Waals surface area contributed by atoms with Crippen LogP contribution in [0.1, 0.15) is 21.5 Å². The molecule has 2 rings (SSSR count). The summed E-state index contributed by atoms with van der Waals surface area (Å²) in [4.78, 5) is 22.5. The molecule has 0 unspecified atom stereocenters. The Morgan fingerprint density at radius 2 is 1.83 bits per heavy atom. The van der Waals surface area contributed by atoms with Crippen molar-refractivity contribution >= 4 is 11.6 Å². The maximum Gasteiger partial charge on any atom is 0.272 e. The number of carbonyl (C=O) groups excluding carboxylic acids is 1. The van der Waals surface area contributed by atoms with E-state index in [1.54, 1.807) is 33.3 Å². The number of carbonyl (C=O) groups is 1. The predicted molar refractivity (Wildman–Crippen MR) is 88.5 cm³/mol. The number of rotatable bonds is 6. The van der Waals surface area contributed by atoms with E-state index < -0.39 is 4.92 Å². The van der Waals surface area contributed by atoms with Gasteiger partial charge >= 0.3 is 0 Å². The second-order valence-electron chi connectivity index (χ2n) is 5.13. The Bertz CT molecular complexity index is 774. The SMILES string of the molecule is COc1ccc(CNC(=O)c2ccc([N+](=O)[O-])c(C)c2)cc1OC. The van der Waals surface area contributed by atoms with Gasteiger partial charge in [-0.05, 0) is 36.8 Å². The number of aryl methyl sites for hydroxylation is 1. The Morgan fingerprint density at radius 3 is 2.42 bits per heavy atom. The molecule has 0 aromatic heterocycles. The molecule has 0 aliphatic rings. The van der Waals surface area contributed by atoms with Gasteiger partial charge in [0.25, 0.3) is 11.6 Å². The Balaban J connectivity index is 2.08. The van der Waals surface area contributed by atoms with Gasteiger partial charge < -0.3 is 14.8 Å². The normalized spacial score (nSPS) is 10.1. The van der Waals surface area contributed by atoms with Gasteiger partial charge in [-0.1, -0.05) is 6.07 Å². The fraction of sp³-hybridized carbons (Fsp3) is 0.235. The lowest BCUT2D eigenvalue weighted by Crippen LogP contribution is -2.22. The fourth-order valence-corrected chi connectivity index (χ4v) is 2.28. The number of nitro benzene ring substituents is 1. The summed E-state index contributed by atoms with van der Waals surface area (Å²) in [5, 5.41) is 13.6. The average molecular weight is 330 g/mol. The van der Waals surface area contributed by atoms with Crippen LogP contribution in [0.2, 0.25) is 0 Å². The number of nitrogens with zero attached hydrogens (tertiary/aromatic N) is 1. The summed E-state index contributed by atoms with van der Waals surface area (Å²) < 4.78 is 10.4. The Kier molecular flexibility index (Phi) is 5.36. The largest absolute Gasteiger partial charge is 0.493 e. The summed E-state index contributed by atoms with van der Waals surface area (Å²) in [5.41, 5.74) is 1.66. The van der Waals surface area contributed by atoms with Crippen LogP contribution in [0.25, 0.3) is 0 Å². The molecule has 24 heavy (non-hydrogen) atoms. The van der Waals surface area contributed by atoms with Crippen LogP contribution in [0.5, 0.6) is 11.5 Å². The zero-order chi connectivity index (χ0) is 17.7. The van der Waals surface area contributed by atoms with E-state index >= 15 is 0 Å². The van der Waals surface area contributed by atoms with Crippen LogP contribution in [0.3, 0.4) is 0 Å². The third kappa shape index (κ3) is 3.81. The van der Waals surface area contributed by atoms with Crippen LogP contribution >= 0.6 is 0 Å². The summed E-state index contributed by atoms with van der Waals surface area (Å²) in [5.74, 6) is 0.886. The number of hydrogen-bond donors (Lipinski definition) is 1. The van der Waals surface area contributed by atoms with Crippen molar-refractivity contribution in [3.05, 3.63) is 63.2 Å². The second-order valence-corrected chi connectivity index (χ2v) is 5.13. The third-order valence-electron chi connectivity index (χ3n) is 3.56. The molecule has 0 fully saturated rings. The molecule has 2 aromatic carbocycles. The van der Waals surface area contributed by atoms with Crippen LogP contribution in [0.4, 0.5) is 5.69 Å². The molecule has 7 heteroatoms. The smallest absolute Gasteiger partial charge is 0.272 e. The van der Waals surface area contributed by atoms with E-state index in [-0.39, 0.29) is 11.6 Å². The molecular formula is C17H18N2O5. The molecule has 0 spiro atoms. The standard InChI is InChI=1S/C17H18N2O5/c1-11-8-13(5-6-14(11)19(21)22)17(20)18-10-12-4-7-15(23-2)16(9-12)24-3/h4-9H,10H2,1-3H3,(H,18,20). The molecule has 126 valence electrons. The number of nitro groups is 1. The maximum absolute atomic E-state index is 12.2. The van der Waals surface area contributed by atoms with Gasteiger partial charge in [-0.3, -0.25) is 14.9 Å². The minimum atomic E-state index is -0.472. The maximum atomic E-state index is 12.2.